The zero-order chi connectivity index (χ0) is 13.1. The molecule has 96 valence electrons. The maximum Gasteiger partial charge on any atom is 0.350 e. The molecule has 1 aromatic heterocycles. The Morgan fingerprint density at radius 3 is 2.71 bits per heavy atom. The zero-order valence-electron chi connectivity index (χ0n) is 10.7. The summed E-state index contributed by atoms with van der Waals surface area (Å²) in [6, 6.07) is 1.83. The number of carbonyl (C=O) groups excluding carboxylic acids is 1. The third kappa shape index (κ3) is 3.20. The SMILES string of the molecule is CCOC(=O)c1sc(C(C)(C)COC)cc1N. The van der Waals surface area contributed by atoms with E-state index in [0.717, 1.165) is 4.88 Å². The Labute approximate surface area is 106 Å². The number of rotatable bonds is 5. The van der Waals surface area contributed by atoms with Crippen molar-refractivity contribution in [2.75, 3.05) is 26.1 Å². The highest BCUT2D eigenvalue weighted by atomic mass is 32.1. The van der Waals surface area contributed by atoms with Crippen molar-refractivity contribution in [2.45, 2.75) is 26.2 Å². The van der Waals surface area contributed by atoms with Crippen LogP contribution in [0.3, 0.4) is 0 Å². The minimum absolute atomic E-state index is 0.154. The van der Waals surface area contributed by atoms with Crippen LogP contribution in [-0.2, 0) is 14.9 Å². The number of carbonyl (C=O) groups is 1. The maximum absolute atomic E-state index is 11.6. The van der Waals surface area contributed by atoms with Crippen molar-refractivity contribution in [1.82, 2.24) is 0 Å². The molecule has 1 heterocycles. The number of hydrogen-bond acceptors (Lipinski definition) is 5. The van der Waals surface area contributed by atoms with E-state index in [-0.39, 0.29) is 11.4 Å². The molecule has 0 spiro atoms. The van der Waals surface area contributed by atoms with E-state index in [1.54, 1.807) is 14.0 Å². The summed E-state index contributed by atoms with van der Waals surface area (Å²) < 4.78 is 10.1. The van der Waals surface area contributed by atoms with E-state index in [1.165, 1.54) is 11.3 Å². The van der Waals surface area contributed by atoms with Crippen molar-refractivity contribution in [3.63, 3.8) is 0 Å². The Morgan fingerprint density at radius 1 is 1.53 bits per heavy atom. The monoisotopic (exact) mass is 257 g/mol. The topological polar surface area (TPSA) is 61.5 Å². The summed E-state index contributed by atoms with van der Waals surface area (Å²) in [6.45, 7) is 6.81. The van der Waals surface area contributed by atoms with Gasteiger partial charge in [-0.25, -0.2) is 4.79 Å². The summed E-state index contributed by atoms with van der Waals surface area (Å²) in [4.78, 5) is 13.1. The van der Waals surface area contributed by atoms with E-state index in [0.29, 0.717) is 23.8 Å². The normalized spacial score (nSPS) is 11.5. The van der Waals surface area contributed by atoms with E-state index >= 15 is 0 Å². The van der Waals surface area contributed by atoms with Crippen molar-refractivity contribution < 1.29 is 14.3 Å². The van der Waals surface area contributed by atoms with Crippen LogP contribution in [0.25, 0.3) is 0 Å². The number of thiophene rings is 1. The van der Waals surface area contributed by atoms with Crippen LogP contribution in [-0.4, -0.2) is 26.3 Å². The lowest BCUT2D eigenvalue weighted by Gasteiger charge is -2.21. The van der Waals surface area contributed by atoms with Crippen LogP contribution in [0.5, 0.6) is 0 Å². The second-order valence-electron chi connectivity index (χ2n) is 4.43. The van der Waals surface area contributed by atoms with Crippen LogP contribution in [0.1, 0.15) is 35.3 Å². The molecule has 1 aromatic rings. The fourth-order valence-corrected chi connectivity index (χ4v) is 2.59. The van der Waals surface area contributed by atoms with Gasteiger partial charge in [0.2, 0.25) is 0 Å². The van der Waals surface area contributed by atoms with Gasteiger partial charge in [0.25, 0.3) is 0 Å². The highest BCUT2D eigenvalue weighted by Crippen LogP contribution is 2.34. The van der Waals surface area contributed by atoms with Crippen LogP contribution in [0, 0.1) is 0 Å². The Morgan fingerprint density at radius 2 is 2.18 bits per heavy atom. The third-order valence-electron chi connectivity index (χ3n) is 2.39. The van der Waals surface area contributed by atoms with Crippen molar-refractivity contribution in [3.8, 4) is 0 Å². The van der Waals surface area contributed by atoms with Gasteiger partial charge in [0.1, 0.15) is 4.88 Å². The lowest BCUT2D eigenvalue weighted by atomic mass is 9.93. The molecule has 1 rings (SSSR count). The summed E-state index contributed by atoms with van der Waals surface area (Å²) in [5.41, 5.74) is 6.16. The summed E-state index contributed by atoms with van der Waals surface area (Å²) in [6.07, 6.45) is 0. The van der Waals surface area contributed by atoms with Crippen LogP contribution in [0.2, 0.25) is 0 Å². The van der Waals surface area contributed by atoms with E-state index in [4.69, 9.17) is 15.2 Å². The number of methoxy groups -OCH3 is 1. The van der Waals surface area contributed by atoms with Gasteiger partial charge in [-0.15, -0.1) is 11.3 Å². The molecular weight excluding hydrogens is 238 g/mol. The third-order valence-corrected chi connectivity index (χ3v) is 3.89. The minimum Gasteiger partial charge on any atom is -0.462 e. The Balaban J connectivity index is 2.99. The molecule has 0 bridgehead atoms. The summed E-state index contributed by atoms with van der Waals surface area (Å²) >= 11 is 1.37. The van der Waals surface area contributed by atoms with Gasteiger partial charge in [0, 0.05) is 17.4 Å². The molecule has 0 saturated heterocycles. The number of nitrogens with two attached hydrogens (primary N) is 1. The molecule has 17 heavy (non-hydrogen) atoms. The molecule has 0 atom stereocenters. The van der Waals surface area contributed by atoms with Gasteiger partial charge in [0.05, 0.1) is 18.9 Å². The molecule has 0 amide bonds. The molecule has 0 saturated carbocycles. The van der Waals surface area contributed by atoms with Crippen LogP contribution >= 0.6 is 11.3 Å². The number of hydrogen-bond donors (Lipinski definition) is 1. The average molecular weight is 257 g/mol. The van der Waals surface area contributed by atoms with E-state index in [9.17, 15) is 4.79 Å². The van der Waals surface area contributed by atoms with Crippen molar-refractivity contribution in [1.29, 1.82) is 0 Å². The number of anilines is 1. The van der Waals surface area contributed by atoms with Gasteiger partial charge >= 0.3 is 5.97 Å². The van der Waals surface area contributed by atoms with Crippen LogP contribution in [0.15, 0.2) is 6.07 Å². The lowest BCUT2D eigenvalue weighted by molar-refractivity contribution is 0.0533. The summed E-state index contributed by atoms with van der Waals surface area (Å²) in [5, 5.41) is 0. The second kappa shape index (κ2) is 5.51. The molecule has 0 aromatic carbocycles. The quantitative estimate of drug-likeness (QED) is 0.823. The lowest BCUT2D eigenvalue weighted by Crippen LogP contribution is -2.22. The van der Waals surface area contributed by atoms with Gasteiger partial charge in [0.15, 0.2) is 0 Å². The Bertz CT molecular complexity index is 398. The highest BCUT2D eigenvalue weighted by Gasteiger charge is 2.26. The molecule has 2 N–H and O–H groups in total. The summed E-state index contributed by atoms with van der Waals surface area (Å²) in [7, 11) is 1.66. The number of ether oxygens (including phenoxy) is 2. The zero-order valence-corrected chi connectivity index (χ0v) is 11.5. The first-order chi connectivity index (χ1) is 7.92. The highest BCUT2D eigenvalue weighted by molar-refractivity contribution is 7.14. The van der Waals surface area contributed by atoms with Crippen LogP contribution in [0.4, 0.5) is 5.69 Å². The smallest absolute Gasteiger partial charge is 0.350 e. The molecule has 0 aliphatic rings. The van der Waals surface area contributed by atoms with Gasteiger partial charge in [-0.05, 0) is 13.0 Å². The molecule has 0 radical (unpaired) electrons. The second-order valence-corrected chi connectivity index (χ2v) is 5.48. The van der Waals surface area contributed by atoms with Crippen LogP contribution < -0.4 is 5.73 Å². The first-order valence-corrected chi connectivity index (χ1v) is 6.30. The van der Waals surface area contributed by atoms with Gasteiger partial charge in [-0.2, -0.15) is 0 Å². The molecule has 0 fully saturated rings. The van der Waals surface area contributed by atoms with Gasteiger partial charge < -0.3 is 15.2 Å². The van der Waals surface area contributed by atoms with Crippen molar-refractivity contribution >= 4 is 23.0 Å². The minimum atomic E-state index is -0.352. The largest absolute Gasteiger partial charge is 0.462 e. The maximum atomic E-state index is 11.6. The molecule has 4 nitrogen and oxygen atoms in total. The fraction of sp³-hybridized carbons (Fsp3) is 0.583. The average Bonchev–Trinajstić information content (AvgIpc) is 2.61. The Hall–Kier alpha value is -1.07. The van der Waals surface area contributed by atoms with Crippen molar-refractivity contribution in [3.05, 3.63) is 15.8 Å². The van der Waals surface area contributed by atoms with E-state index in [2.05, 4.69) is 13.8 Å². The van der Waals surface area contributed by atoms with Gasteiger partial charge in [-0.1, -0.05) is 13.8 Å². The predicted molar refractivity (Wildman–Crippen MR) is 69.6 cm³/mol. The first-order valence-electron chi connectivity index (χ1n) is 5.48. The number of nitrogen functional groups attached to an aromatic ring is 1. The first kappa shape index (κ1) is 14.0. The molecule has 0 aliphatic carbocycles. The molecular formula is C12H19NO3S. The Kier molecular flexibility index (Phi) is 4.54. The molecule has 0 aliphatic heterocycles. The van der Waals surface area contributed by atoms with E-state index < -0.39 is 0 Å². The summed E-state index contributed by atoms with van der Waals surface area (Å²) in [5.74, 6) is -0.352. The van der Waals surface area contributed by atoms with Gasteiger partial charge in [-0.3, -0.25) is 0 Å². The molecule has 5 heteroatoms. The predicted octanol–water partition coefficient (Wildman–Crippen LogP) is 2.43. The number of esters is 1. The fourth-order valence-electron chi connectivity index (χ4n) is 1.53. The standard InChI is InChI=1S/C12H19NO3S/c1-5-16-11(14)10-8(13)6-9(17-10)12(2,3)7-15-4/h6H,5,7,13H2,1-4H3. The van der Waals surface area contributed by atoms with E-state index in [1.807, 2.05) is 6.07 Å². The van der Waals surface area contributed by atoms with Crippen molar-refractivity contribution in [2.24, 2.45) is 0 Å². The molecule has 0 unspecified atom stereocenters.